The molecule has 0 radical (unpaired) electrons. The summed E-state index contributed by atoms with van der Waals surface area (Å²) in [5, 5.41) is 19.6. The summed E-state index contributed by atoms with van der Waals surface area (Å²) < 4.78 is 31.1. The van der Waals surface area contributed by atoms with Gasteiger partial charge in [-0.05, 0) is 29.7 Å². The zero-order chi connectivity index (χ0) is 17.3. The van der Waals surface area contributed by atoms with Gasteiger partial charge in [0, 0.05) is 5.39 Å². The number of benzene rings is 3. The highest BCUT2D eigenvalue weighted by Gasteiger charge is 2.12. The van der Waals surface area contributed by atoms with E-state index < -0.39 is 10.1 Å². The molecule has 0 unspecified atom stereocenters. The summed E-state index contributed by atoms with van der Waals surface area (Å²) in [6, 6.07) is 14.2. The first-order valence-electron chi connectivity index (χ1n) is 6.76. The van der Waals surface area contributed by atoms with Crippen molar-refractivity contribution in [2.24, 2.45) is 10.2 Å². The van der Waals surface area contributed by atoms with Crippen molar-refractivity contribution in [2.45, 2.75) is 4.90 Å². The fraction of sp³-hybridized carbons (Fsp3) is 0. The van der Waals surface area contributed by atoms with E-state index in [1.54, 1.807) is 12.1 Å². The Hall–Kier alpha value is -2.48. The van der Waals surface area contributed by atoms with Crippen LogP contribution in [0.1, 0.15) is 0 Å². The van der Waals surface area contributed by atoms with Gasteiger partial charge in [0.1, 0.15) is 17.1 Å². The highest BCUT2D eigenvalue weighted by Crippen LogP contribution is 2.37. The van der Waals surface area contributed by atoms with Crippen LogP contribution in [0.5, 0.6) is 5.75 Å². The Labute approximate surface area is 142 Å². The van der Waals surface area contributed by atoms with Crippen LogP contribution in [0.3, 0.4) is 0 Å². The van der Waals surface area contributed by atoms with Gasteiger partial charge in [-0.15, -0.1) is 10.2 Å². The first kappa shape index (κ1) is 16.4. The van der Waals surface area contributed by atoms with Crippen molar-refractivity contribution in [3.63, 3.8) is 0 Å². The fourth-order valence-corrected chi connectivity index (χ4v) is 2.97. The molecule has 0 aliphatic rings. The first-order chi connectivity index (χ1) is 11.4. The van der Waals surface area contributed by atoms with Crippen LogP contribution in [0.4, 0.5) is 11.4 Å². The Morgan fingerprint density at radius 2 is 1.71 bits per heavy atom. The molecule has 0 heterocycles. The first-order valence-corrected chi connectivity index (χ1v) is 8.57. The van der Waals surface area contributed by atoms with E-state index in [4.69, 9.17) is 16.2 Å². The third kappa shape index (κ3) is 3.23. The molecule has 3 aromatic carbocycles. The summed E-state index contributed by atoms with van der Waals surface area (Å²) in [5.41, 5.74) is 0.486. The molecule has 6 nitrogen and oxygen atoms in total. The molecule has 0 aliphatic carbocycles. The van der Waals surface area contributed by atoms with Crippen LogP contribution in [0, 0.1) is 0 Å². The minimum Gasteiger partial charge on any atom is -0.506 e. The molecular weight excluding hydrogens is 352 g/mol. The number of phenolic OH excluding ortho intramolecular Hbond substituents is 1. The second-order valence-electron chi connectivity index (χ2n) is 4.94. The predicted molar refractivity (Wildman–Crippen MR) is 91.1 cm³/mol. The van der Waals surface area contributed by atoms with Gasteiger partial charge in [-0.3, -0.25) is 4.55 Å². The zero-order valence-electron chi connectivity index (χ0n) is 12.1. The van der Waals surface area contributed by atoms with E-state index in [1.807, 2.05) is 18.2 Å². The molecule has 122 valence electrons. The number of hydrogen-bond donors (Lipinski definition) is 2. The molecule has 3 rings (SSSR count). The lowest BCUT2D eigenvalue weighted by Gasteiger charge is -2.04. The van der Waals surface area contributed by atoms with Crippen LogP contribution < -0.4 is 0 Å². The quantitative estimate of drug-likeness (QED) is 0.513. The monoisotopic (exact) mass is 362 g/mol. The van der Waals surface area contributed by atoms with Crippen molar-refractivity contribution < 1.29 is 18.1 Å². The molecule has 0 saturated heterocycles. The van der Waals surface area contributed by atoms with Crippen molar-refractivity contribution in [1.29, 1.82) is 0 Å². The third-order valence-corrected chi connectivity index (χ3v) is 4.51. The Balaban J connectivity index is 2.05. The Kier molecular flexibility index (Phi) is 4.23. The zero-order valence-corrected chi connectivity index (χ0v) is 13.7. The second-order valence-corrected chi connectivity index (χ2v) is 6.77. The van der Waals surface area contributed by atoms with Gasteiger partial charge in [0.25, 0.3) is 10.1 Å². The molecule has 0 aliphatic heterocycles. The molecule has 0 spiro atoms. The summed E-state index contributed by atoms with van der Waals surface area (Å²) in [4.78, 5) is -0.334. The number of halogens is 1. The van der Waals surface area contributed by atoms with E-state index in [0.717, 1.165) is 11.5 Å². The molecule has 0 saturated carbocycles. The maximum absolute atomic E-state index is 11.1. The predicted octanol–water partition coefficient (Wildman–Crippen LogP) is 4.86. The summed E-state index contributed by atoms with van der Waals surface area (Å²) >= 11 is 5.97. The number of phenols is 1. The third-order valence-electron chi connectivity index (χ3n) is 3.35. The van der Waals surface area contributed by atoms with Crippen LogP contribution in [-0.4, -0.2) is 18.1 Å². The lowest BCUT2D eigenvalue weighted by Crippen LogP contribution is -1.97. The fourth-order valence-electron chi connectivity index (χ4n) is 2.18. The van der Waals surface area contributed by atoms with Gasteiger partial charge in [0.2, 0.25) is 0 Å². The average molecular weight is 363 g/mol. The highest BCUT2D eigenvalue weighted by atomic mass is 35.5. The maximum Gasteiger partial charge on any atom is 0.294 e. The maximum atomic E-state index is 11.1. The molecule has 0 amide bonds. The van der Waals surface area contributed by atoms with Gasteiger partial charge < -0.3 is 5.11 Å². The number of azo groups is 1. The minimum absolute atomic E-state index is 0.00796. The normalized spacial score (nSPS) is 12.1. The molecule has 3 aromatic rings. The van der Waals surface area contributed by atoms with Gasteiger partial charge in [-0.2, -0.15) is 8.42 Å². The van der Waals surface area contributed by atoms with Crippen molar-refractivity contribution in [3.8, 4) is 5.75 Å². The Morgan fingerprint density at radius 3 is 2.42 bits per heavy atom. The van der Waals surface area contributed by atoms with E-state index in [2.05, 4.69) is 10.2 Å². The number of fused-ring (bicyclic) bond motifs is 1. The molecule has 0 bridgehead atoms. The van der Waals surface area contributed by atoms with Crippen LogP contribution in [-0.2, 0) is 10.1 Å². The SMILES string of the molecule is O=S(=O)(O)c1ccc(N=Nc2c(O)ccc3ccccc23)c(Cl)c1. The highest BCUT2D eigenvalue weighted by molar-refractivity contribution is 7.85. The van der Waals surface area contributed by atoms with Crippen molar-refractivity contribution >= 4 is 43.9 Å². The van der Waals surface area contributed by atoms with E-state index in [9.17, 15) is 13.5 Å². The molecule has 24 heavy (non-hydrogen) atoms. The van der Waals surface area contributed by atoms with Crippen molar-refractivity contribution in [1.82, 2.24) is 0 Å². The number of aromatic hydroxyl groups is 1. The van der Waals surface area contributed by atoms with Crippen molar-refractivity contribution in [2.75, 3.05) is 0 Å². The lowest BCUT2D eigenvalue weighted by atomic mass is 10.1. The molecule has 0 atom stereocenters. The number of hydrogen-bond acceptors (Lipinski definition) is 5. The Morgan fingerprint density at radius 1 is 0.958 bits per heavy atom. The van der Waals surface area contributed by atoms with Crippen molar-refractivity contribution in [3.05, 3.63) is 59.6 Å². The lowest BCUT2D eigenvalue weighted by molar-refractivity contribution is 0.477. The molecule has 8 heteroatoms. The average Bonchev–Trinajstić information content (AvgIpc) is 2.54. The number of rotatable bonds is 3. The minimum atomic E-state index is -4.34. The number of nitrogens with zero attached hydrogens (tertiary/aromatic N) is 2. The van der Waals surface area contributed by atoms with Gasteiger partial charge >= 0.3 is 0 Å². The summed E-state index contributed by atoms with van der Waals surface area (Å²) in [6.07, 6.45) is 0. The van der Waals surface area contributed by atoms with Crippen LogP contribution >= 0.6 is 11.6 Å². The molecule has 0 fully saturated rings. The van der Waals surface area contributed by atoms with E-state index >= 15 is 0 Å². The summed E-state index contributed by atoms with van der Waals surface area (Å²) in [6.45, 7) is 0. The summed E-state index contributed by atoms with van der Waals surface area (Å²) in [5.74, 6) is -0.0388. The van der Waals surface area contributed by atoms with E-state index in [0.29, 0.717) is 5.39 Å². The molecule has 2 N–H and O–H groups in total. The van der Waals surface area contributed by atoms with Gasteiger partial charge in [-0.1, -0.05) is 41.9 Å². The molecule has 0 aromatic heterocycles. The van der Waals surface area contributed by atoms with E-state index in [1.165, 1.54) is 18.2 Å². The standard InChI is InChI=1S/C16H11ClN2O4S/c17-13-9-11(24(21,22)23)6-7-14(13)18-19-16-12-4-2-1-3-10(12)5-8-15(16)20/h1-9,20H,(H,21,22,23). The van der Waals surface area contributed by atoms with Crippen LogP contribution in [0.15, 0.2) is 69.7 Å². The second kappa shape index (κ2) is 6.20. The van der Waals surface area contributed by atoms with Gasteiger partial charge in [-0.25, -0.2) is 0 Å². The van der Waals surface area contributed by atoms with Crippen LogP contribution in [0.25, 0.3) is 10.8 Å². The smallest absolute Gasteiger partial charge is 0.294 e. The van der Waals surface area contributed by atoms with E-state index in [-0.39, 0.29) is 27.0 Å². The molecular formula is C16H11ClN2O4S. The van der Waals surface area contributed by atoms with Gasteiger partial charge in [0.05, 0.1) is 9.92 Å². The van der Waals surface area contributed by atoms with Crippen LogP contribution in [0.2, 0.25) is 5.02 Å². The topological polar surface area (TPSA) is 99.3 Å². The summed E-state index contributed by atoms with van der Waals surface area (Å²) in [7, 11) is -4.34. The Bertz CT molecular complexity index is 1060. The van der Waals surface area contributed by atoms with Gasteiger partial charge in [0.15, 0.2) is 0 Å². The largest absolute Gasteiger partial charge is 0.506 e.